The van der Waals surface area contributed by atoms with Crippen LogP contribution in [0, 0.1) is 12.8 Å². The van der Waals surface area contributed by atoms with Gasteiger partial charge in [-0.25, -0.2) is 4.98 Å². The van der Waals surface area contributed by atoms with Crippen LogP contribution in [0.15, 0.2) is 12.4 Å². The van der Waals surface area contributed by atoms with E-state index in [1.54, 1.807) is 0 Å². The first-order valence-corrected chi connectivity index (χ1v) is 7.73. The molecule has 0 spiro atoms. The minimum absolute atomic E-state index is 0.680. The number of hydrogen-bond donors (Lipinski definition) is 1. The predicted molar refractivity (Wildman–Crippen MR) is 77.1 cm³/mol. The third-order valence-electron chi connectivity index (χ3n) is 4.75. The largest absolute Gasteiger partial charge is 0.334 e. The van der Waals surface area contributed by atoms with Crippen LogP contribution < -0.4 is 5.32 Å². The molecule has 2 fully saturated rings. The Balaban J connectivity index is 1.60. The summed E-state index contributed by atoms with van der Waals surface area (Å²) in [7, 11) is 0. The zero-order valence-corrected chi connectivity index (χ0v) is 12.2. The van der Waals surface area contributed by atoms with E-state index in [2.05, 4.69) is 39.8 Å². The van der Waals surface area contributed by atoms with E-state index < -0.39 is 0 Å². The topological polar surface area (TPSA) is 33.1 Å². The molecule has 4 nitrogen and oxygen atoms in total. The Morgan fingerprint density at radius 1 is 1.37 bits per heavy atom. The van der Waals surface area contributed by atoms with Gasteiger partial charge in [0.1, 0.15) is 5.82 Å². The van der Waals surface area contributed by atoms with E-state index in [-0.39, 0.29) is 0 Å². The monoisotopic (exact) mass is 262 g/mol. The van der Waals surface area contributed by atoms with Gasteiger partial charge in [0, 0.05) is 50.7 Å². The van der Waals surface area contributed by atoms with E-state index in [1.807, 2.05) is 6.20 Å². The third-order valence-corrected chi connectivity index (χ3v) is 4.75. The SMILES string of the molecule is CCC1CN(CCn2ccnc2C)C(C2CC2)CN1. The summed E-state index contributed by atoms with van der Waals surface area (Å²) in [6, 6.07) is 1.45. The summed E-state index contributed by atoms with van der Waals surface area (Å²) in [5.41, 5.74) is 0. The van der Waals surface area contributed by atoms with Crippen LogP contribution in [-0.4, -0.2) is 46.2 Å². The van der Waals surface area contributed by atoms with Crippen molar-refractivity contribution in [2.75, 3.05) is 19.6 Å². The van der Waals surface area contributed by atoms with Gasteiger partial charge in [0.25, 0.3) is 0 Å². The Labute approximate surface area is 116 Å². The quantitative estimate of drug-likeness (QED) is 0.876. The lowest BCUT2D eigenvalue weighted by molar-refractivity contribution is 0.109. The molecule has 2 aliphatic rings. The molecule has 19 heavy (non-hydrogen) atoms. The fourth-order valence-electron chi connectivity index (χ4n) is 3.25. The average molecular weight is 262 g/mol. The Morgan fingerprint density at radius 3 is 2.84 bits per heavy atom. The summed E-state index contributed by atoms with van der Waals surface area (Å²) in [6.07, 6.45) is 8.10. The predicted octanol–water partition coefficient (Wildman–Crippen LogP) is 1.65. The highest BCUT2D eigenvalue weighted by Crippen LogP contribution is 2.36. The second kappa shape index (κ2) is 5.63. The first-order chi connectivity index (χ1) is 9.28. The zero-order chi connectivity index (χ0) is 13.2. The second-order valence-electron chi connectivity index (χ2n) is 6.08. The molecule has 3 rings (SSSR count). The zero-order valence-electron chi connectivity index (χ0n) is 12.2. The Kier molecular flexibility index (Phi) is 3.89. The van der Waals surface area contributed by atoms with Crippen LogP contribution in [0.2, 0.25) is 0 Å². The van der Waals surface area contributed by atoms with Crippen LogP contribution >= 0.6 is 0 Å². The van der Waals surface area contributed by atoms with Crippen LogP contribution in [0.3, 0.4) is 0 Å². The van der Waals surface area contributed by atoms with E-state index in [1.165, 1.54) is 32.4 Å². The van der Waals surface area contributed by atoms with Gasteiger partial charge in [0.15, 0.2) is 0 Å². The van der Waals surface area contributed by atoms with Crippen molar-refractivity contribution in [1.82, 2.24) is 19.8 Å². The van der Waals surface area contributed by atoms with Gasteiger partial charge < -0.3 is 9.88 Å². The van der Waals surface area contributed by atoms with Crippen LogP contribution in [0.5, 0.6) is 0 Å². The number of rotatable bonds is 5. The van der Waals surface area contributed by atoms with Crippen molar-refractivity contribution in [1.29, 1.82) is 0 Å². The fraction of sp³-hybridized carbons (Fsp3) is 0.800. The summed E-state index contributed by atoms with van der Waals surface area (Å²) in [4.78, 5) is 7.03. The fourth-order valence-corrected chi connectivity index (χ4v) is 3.25. The van der Waals surface area contributed by atoms with Crippen LogP contribution in [0.1, 0.15) is 32.0 Å². The van der Waals surface area contributed by atoms with Gasteiger partial charge in [-0.15, -0.1) is 0 Å². The van der Waals surface area contributed by atoms with E-state index in [0.717, 1.165) is 30.9 Å². The number of hydrogen-bond acceptors (Lipinski definition) is 3. The Bertz CT molecular complexity index is 410. The molecule has 2 unspecified atom stereocenters. The van der Waals surface area contributed by atoms with Gasteiger partial charge >= 0.3 is 0 Å². The Morgan fingerprint density at radius 2 is 2.21 bits per heavy atom. The van der Waals surface area contributed by atoms with Gasteiger partial charge in [-0.2, -0.15) is 0 Å². The van der Waals surface area contributed by atoms with Gasteiger partial charge in [0.2, 0.25) is 0 Å². The van der Waals surface area contributed by atoms with Crippen molar-refractivity contribution >= 4 is 0 Å². The lowest BCUT2D eigenvalue weighted by atomic mass is 10.0. The van der Waals surface area contributed by atoms with Gasteiger partial charge in [-0.1, -0.05) is 6.92 Å². The molecule has 1 saturated heterocycles. The van der Waals surface area contributed by atoms with E-state index in [0.29, 0.717) is 6.04 Å². The van der Waals surface area contributed by atoms with Crippen molar-refractivity contribution in [2.24, 2.45) is 5.92 Å². The lowest BCUT2D eigenvalue weighted by Crippen LogP contribution is -2.57. The summed E-state index contributed by atoms with van der Waals surface area (Å²) >= 11 is 0. The highest BCUT2D eigenvalue weighted by molar-refractivity contribution is 4.95. The number of aryl methyl sites for hydroxylation is 1. The number of imidazole rings is 1. The second-order valence-corrected chi connectivity index (χ2v) is 6.08. The van der Waals surface area contributed by atoms with Crippen LogP contribution in [0.25, 0.3) is 0 Å². The molecule has 0 amide bonds. The van der Waals surface area contributed by atoms with Crippen molar-refractivity contribution in [2.45, 2.75) is 51.7 Å². The summed E-state index contributed by atoms with van der Waals surface area (Å²) < 4.78 is 2.27. The maximum Gasteiger partial charge on any atom is 0.105 e. The summed E-state index contributed by atoms with van der Waals surface area (Å²) in [5.74, 6) is 2.08. The van der Waals surface area contributed by atoms with Crippen molar-refractivity contribution in [3.05, 3.63) is 18.2 Å². The molecule has 1 aromatic heterocycles. The van der Waals surface area contributed by atoms with Gasteiger partial charge in [-0.05, 0) is 32.1 Å². The standard InChI is InChI=1S/C15H26N4/c1-3-14-11-19(15(10-17-14)13-4-5-13)9-8-18-7-6-16-12(18)2/h6-7,13-15,17H,3-5,8-11H2,1-2H3. The highest BCUT2D eigenvalue weighted by Gasteiger charge is 2.38. The van der Waals surface area contributed by atoms with Crippen molar-refractivity contribution < 1.29 is 0 Å². The number of aromatic nitrogens is 2. The molecule has 0 aromatic carbocycles. The molecule has 4 heteroatoms. The molecular weight excluding hydrogens is 236 g/mol. The number of nitrogens with one attached hydrogen (secondary N) is 1. The average Bonchev–Trinajstić information content (AvgIpc) is 3.19. The molecule has 106 valence electrons. The molecule has 1 N–H and O–H groups in total. The molecule has 0 bridgehead atoms. The minimum atomic E-state index is 0.680. The van der Waals surface area contributed by atoms with Gasteiger partial charge in [-0.3, -0.25) is 4.90 Å². The first kappa shape index (κ1) is 13.1. The smallest absolute Gasteiger partial charge is 0.105 e. The molecular formula is C15H26N4. The van der Waals surface area contributed by atoms with Crippen molar-refractivity contribution in [3.8, 4) is 0 Å². The summed E-state index contributed by atoms with van der Waals surface area (Å²) in [5, 5.41) is 3.71. The number of piperazine rings is 1. The molecule has 2 atom stereocenters. The van der Waals surface area contributed by atoms with Gasteiger partial charge in [0.05, 0.1) is 0 Å². The van der Waals surface area contributed by atoms with Crippen LogP contribution in [0.4, 0.5) is 0 Å². The van der Waals surface area contributed by atoms with E-state index in [4.69, 9.17) is 0 Å². The molecule has 1 saturated carbocycles. The normalized spacial score (nSPS) is 28.7. The Hall–Kier alpha value is -0.870. The van der Waals surface area contributed by atoms with Crippen molar-refractivity contribution in [3.63, 3.8) is 0 Å². The molecule has 1 aliphatic carbocycles. The van der Waals surface area contributed by atoms with E-state index >= 15 is 0 Å². The maximum atomic E-state index is 4.31. The molecule has 1 aromatic rings. The minimum Gasteiger partial charge on any atom is -0.334 e. The molecule has 2 heterocycles. The first-order valence-electron chi connectivity index (χ1n) is 7.73. The lowest BCUT2D eigenvalue weighted by Gasteiger charge is -2.40. The highest BCUT2D eigenvalue weighted by atomic mass is 15.3. The molecule has 1 aliphatic heterocycles. The number of nitrogens with zero attached hydrogens (tertiary/aromatic N) is 3. The molecule has 0 radical (unpaired) electrons. The maximum absolute atomic E-state index is 4.31. The third kappa shape index (κ3) is 3.00. The van der Waals surface area contributed by atoms with E-state index in [9.17, 15) is 0 Å². The summed E-state index contributed by atoms with van der Waals surface area (Å²) in [6.45, 7) is 9.01. The van der Waals surface area contributed by atoms with Crippen LogP contribution in [-0.2, 0) is 6.54 Å².